The van der Waals surface area contributed by atoms with Crippen LogP contribution < -0.4 is 10.1 Å². The first-order valence-corrected chi connectivity index (χ1v) is 8.65. The third-order valence-electron chi connectivity index (χ3n) is 4.44. The third-order valence-corrected chi connectivity index (χ3v) is 4.44. The van der Waals surface area contributed by atoms with Crippen LogP contribution in [0.15, 0.2) is 30.5 Å². The van der Waals surface area contributed by atoms with E-state index in [1.807, 2.05) is 31.9 Å². The molecule has 0 aliphatic carbocycles. The van der Waals surface area contributed by atoms with Crippen molar-refractivity contribution in [1.82, 2.24) is 14.9 Å². The molecule has 1 N–H and O–H groups in total. The lowest BCUT2D eigenvalue weighted by atomic mass is 10.0. The Morgan fingerprint density at radius 3 is 3.04 bits per heavy atom. The van der Waals surface area contributed by atoms with Gasteiger partial charge in [-0.3, -0.25) is 9.78 Å². The number of pyridine rings is 2. The van der Waals surface area contributed by atoms with Crippen molar-refractivity contribution in [3.8, 4) is 5.88 Å². The quantitative estimate of drug-likeness (QED) is 0.906. The van der Waals surface area contributed by atoms with Gasteiger partial charge in [0, 0.05) is 49.3 Å². The van der Waals surface area contributed by atoms with E-state index < -0.39 is 0 Å². The maximum Gasteiger partial charge on any atom is 0.259 e. The summed E-state index contributed by atoms with van der Waals surface area (Å²) >= 11 is 0. The van der Waals surface area contributed by atoms with Crippen LogP contribution >= 0.6 is 0 Å². The summed E-state index contributed by atoms with van der Waals surface area (Å²) in [4.78, 5) is 23.6. The van der Waals surface area contributed by atoms with E-state index in [0.717, 1.165) is 23.5 Å². The number of hydrogen-bond acceptors (Lipinski definition) is 5. The number of carbonyl (C=O) groups is 1. The molecule has 0 radical (unpaired) electrons. The molecule has 1 fully saturated rings. The van der Waals surface area contributed by atoms with Gasteiger partial charge in [-0.25, -0.2) is 4.98 Å². The smallest absolute Gasteiger partial charge is 0.259 e. The third kappa shape index (κ3) is 3.73. The number of nitrogens with one attached hydrogen (secondary N) is 1. The van der Waals surface area contributed by atoms with E-state index in [9.17, 15) is 4.79 Å². The Kier molecular flexibility index (Phi) is 5.16. The van der Waals surface area contributed by atoms with Crippen LogP contribution in [0.2, 0.25) is 0 Å². The van der Waals surface area contributed by atoms with Crippen molar-refractivity contribution >= 4 is 11.6 Å². The highest BCUT2D eigenvalue weighted by Gasteiger charge is 2.30. The maximum atomic E-state index is 12.9. The van der Waals surface area contributed by atoms with Crippen LogP contribution in [0.25, 0.3) is 0 Å². The second-order valence-corrected chi connectivity index (χ2v) is 6.20. The molecular formula is C19H24N4O2. The molecule has 132 valence electrons. The van der Waals surface area contributed by atoms with Crippen molar-refractivity contribution in [3.63, 3.8) is 0 Å². The molecule has 1 atom stereocenters. The summed E-state index contributed by atoms with van der Waals surface area (Å²) in [6.07, 6.45) is 2.56. The molecule has 0 bridgehead atoms. The van der Waals surface area contributed by atoms with Crippen LogP contribution in [-0.2, 0) is 0 Å². The van der Waals surface area contributed by atoms with E-state index in [1.165, 1.54) is 0 Å². The van der Waals surface area contributed by atoms with E-state index in [0.29, 0.717) is 31.1 Å². The summed E-state index contributed by atoms with van der Waals surface area (Å²) in [5.41, 5.74) is 3.60. The summed E-state index contributed by atoms with van der Waals surface area (Å²) < 4.78 is 5.50. The molecule has 2 aromatic heterocycles. The lowest BCUT2D eigenvalue weighted by molar-refractivity contribution is 0.0785. The van der Waals surface area contributed by atoms with E-state index >= 15 is 0 Å². The summed E-state index contributed by atoms with van der Waals surface area (Å²) in [6.45, 7) is 5.75. The highest BCUT2D eigenvalue weighted by atomic mass is 16.5. The lowest BCUT2D eigenvalue weighted by Crippen LogP contribution is -2.29. The Hall–Kier alpha value is -2.63. The molecule has 6 heteroatoms. The molecule has 0 aromatic carbocycles. The van der Waals surface area contributed by atoms with Gasteiger partial charge in [0.2, 0.25) is 5.88 Å². The van der Waals surface area contributed by atoms with Gasteiger partial charge in [0.25, 0.3) is 5.91 Å². The summed E-state index contributed by atoms with van der Waals surface area (Å²) in [5, 5.41) is 3.17. The van der Waals surface area contributed by atoms with E-state index in [2.05, 4.69) is 21.4 Å². The second kappa shape index (κ2) is 7.51. The zero-order valence-corrected chi connectivity index (χ0v) is 15.0. The largest absolute Gasteiger partial charge is 0.477 e. The fourth-order valence-electron chi connectivity index (χ4n) is 3.21. The highest BCUT2D eigenvalue weighted by molar-refractivity contribution is 5.96. The number of aryl methyl sites for hydroxylation is 1. The van der Waals surface area contributed by atoms with Crippen LogP contribution in [0.3, 0.4) is 0 Å². The highest BCUT2D eigenvalue weighted by Crippen LogP contribution is 2.29. The van der Waals surface area contributed by atoms with Gasteiger partial charge in [0.15, 0.2) is 0 Å². The van der Waals surface area contributed by atoms with Gasteiger partial charge in [-0.2, -0.15) is 0 Å². The van der Waals surface area contributed by atoms with Crippen molar-refractivity contribution in [3.05, 3.63) is 47.4 Å². The molecule has 2 aromatic rings. The van der Waals surface area contributed by atoms with Gasteiger partial charge in [-0.15, -0.1) is 0 Å². The normalized spacial score (nSPS) is 16.8. The average molecular weight is 340 g/mol. The first-order chi connectivity index (χ1) is 12.1. The van der Waals surface area contributed by atoms with Crippen LogP contribution in [0.5, 0.6) is 5.88 Å². The number of carbonyl (C=O) groups excluding carboxylic acids is 1. The molecule has 0 unspecified atom stereocenters. The van der Waals surface area contributed by atoms with Crippen molar-refractivity contribution in [2.24, 2.45) is 0 Å². The number of anilines is 1. The zero-order chi connectivity index (χ0) is 17.8. The molecule has 1 saturated heterocycles. The van der Waals surface area contributed by atoms with E-state index in [1.54, 1.807) is 18.3 Å². The molecule has 1 amide bonds. The summed E-state index contributed by atoms with van der Waals surface area (Å²) in [6, 6.07) is 7.63. The van der Waals surface area contributed by atoms with Gasteiger partial charge in [-0.1, -0.05) is 0 Å². The Bertz CT molecular complexity index is 763. The number of likely N-dealkylation sites (tertiary alicyclic amines) is 1. The predicted molar refractivity (Wildman–Crippen MR) is 97.2 cm³/mol. The molecule has 1 aliphatic rings. The minimum atomic E-state index is -0.0273. The van der Waals surface area contributed by atoms with Crippen LogP contribution in [-0.4, -0.2) is 47.5 Å². The molecule has 0 saturated carbocycles. The van der Waals surface area contributed by atoms with Crippen LogP contribution in [0.4, 0.5) is 5.69 Å². The maximum absolute atomic E-state index is 12.9. The Balaban J connectivity index is 1.77. The van der Waals surface area contributed by atoms with Crippen LogP contribution in [0, 0.1) is 6.92 Å². The molecular weight excluding hydrogens is 316 g/mol. The Morgan fingerprint density at radius 1 is 1.44 bits per heavy atom. The minimum absolute atomic E-state index is 0.0273. The van der Waals surface area contributed by atoms with Gasteiger partial charge in [0.05, 0.1) is 6.61 Å². The standard InChI is InChI=1S/C19H24N4O2/c1-4-25-18-16(6-5-8-21-18)19(24)23-9-7-14(12-23)17-11-15(20-3)10-13(2)22-17/h5-6,8,10-11,14H,4,7,9,12H2,1-3H3,(H,20,22)/t14-/m1/s1. The fourth-order valence-corrected chi connectivity index (χ4v) is 3.21. The molecule has 0 spiro atoms. The van der Waals surface area contributed by atoms with E-state index in [-0.39, 0.29) is 11.8 Å². The number of rotatable bonds is 5. The van der Waals surface area contributed by atoms with Gasteiger partial charge in [0.1, 0.15) is 5.56 Å². The first kappa shape index (κ1) is 17.2. The molecule has 3 rings (SSSR count). The van der Waals surface area contributed by atoms with Crippen molar-refractivity contribution in [2.75, 3.05) is 32.1 Å². The minimum Gasteiger partial charge on any atom is -0.477 e. The van der Waals surface area contributed by atoms with Gasteiger partial charge >= 0.3 is 0 Å². The number of hydrogen-bond donors (Lipinski definition) is 1. The number of aromatic nitrogens is 2. The topological polar surface area (TPSA) is 67.3 Å². The van der Waals surface area contributed by atoms with Crippen molar-refractivity contribution in [1.29, 1.82) is 0 Å². The number of amides is 1. The second-order valence-electron chi connectivity index (χ2n) is 6.20. The lowest BCUT2D eigenvalue weighted by Gasteiger charge is -2.18. The number of nitrogens with zero attached hydrogens (tertiary/aromatic N) is 3. The fraction of sp³-hybridized carbons (Fsp3) is 0.421. The Labute approximate surface area is 148 Å². The SMILES string of the molecule is CCOc1ncccc1C(=O)N1CC[C@@H](c2cc(NC)cc(C)n2)C1. The summed E-state index contributed by atoms with van der Waals surface area (Å²) in [7, 11) is 1.90. The van der Waals surface area contributed by atoms with Crippen LogP contribution in [0.1, 0.15) is 41.0 Å². The zero-order valence-electron chi connectivity index (χ0n) is 15.0. The first-order valence-electron chi connectivity index (χ1n) is 8.65. The van der Waals surface area contributed by atoms with Gasteiger partial charge in [-0.05, 0) is 44.5 Å². The molecule has 25 heavy (non-hydrogen) atoms. The van der Waals surface area contributed by atoms with Crippen molar-refractivity contribution in [2.45, 2.75) is 26.2 Å². The average Bonchev–Trinajstić information content (AvgIpc) is 3.11. The summed E-state index contributed by atoms with van der Waals surface area (Å²) in [5.74, 6) is 0.633. The molecule has 1 aliphatic heterocycles. The van der Waals surface area contributed by atoms with E-state index in [4.69, 9.17) is 4.74 Å². The van der Waals surface area contributed by atoms with Gasteiger partial charge < -0.3 is 15.0 Å². The van der Waals surface area contributed by atoms with Crippen molar-refractivity contribution < 1.29 is 9.53 Å². The number of ether oxygens (including phenoxy) is 1. The molecule has 6 nitrogen and oxygen atoms in total. The predicted octanol–water partition coefficient (Wildman–Crippen LogP) is 2.86. The monoisotopic (exact) mass is 340 g/mol. The molecule has 3 heterocycles. The Morgan fingerprint density at radius 2 is 2.28 bits per heavy atom.